The Kier molecular flexibility index (Phi) is 7.18. The molecular formula is C17H23N3O4. The smallest absolute Gasteiger partial charge is 0.359 e. The van der Waals surface area contributed by atoms with Crippen LogP contribution in [0, 0.1) is 12.3 Å². The Morgan fingerprint density at radius 1 is 1.33 bits per heavy atom. The number of hydrogen-bond acceptors (Lipinski definition) is 5. The predicted molar refractivity (Wildman–Crippen MR) is 89.4 cm³/mol. The summed E-state index contributed by atoms with van der Waals surface area (Å²) in [7, 11) is 0. The molecule has 0 aliphatic heterocycles. The van der Waals surface area contributed by atoms with Gasteiger partial charge in [-0.25, -0.2) is 9.48 Å². The fourth-order valence-electron chi connectivity index (χ4n) is 2.10. The molecule has 0 fully saturated rings. The second-order valence-corrected chi connectivity index (χ2v) is 5.34. The minimum absolute atomic E-state index is 0.0231. The molecule has 0 spiro atoms. The van der Waals surface area contributed by atoms with Crippen LogP contribution in [-0.2, 0) is 16.1 Å². The highest BCUT2D eigenvalue weighted by atomic mass is 16.5. The Morgan fingerprint density at radius 3 is 2.54 bits per heavy atom. The first kappa shape index (κ1) is 19.4. The SMILES string of the molecule is C#CC(CC)(CC)NC(=O)COC(=O)c1ccc(=O)n(CCC)n1. The number of aromatic nitrogens is 2. The fourth-order valence-corrected chi connectivity index (χ4v) is 2.10. The topological polar surface area (TPSA) is 90.3 Å². The molecule has 0 saturated heterocycles. The molecule has 1 aromatic heterocycles. The van der Waals surface area contributed by atoms with Crippen molar-refractivity contribution >= 4 is 11.9 Å². The molecule has 0 saturated carbocycles. The van der Waals surface area contributed by atoms with Gasteiger partial charge < -0.3 is 10.1 Å². The van der Waals surface area contributed by atoms with Gasteiger partial charge in [0.15, 0.2) is 12.3 Å². The first-order valence-corrected chi connectivity index (χ1v) is 7.95. The van der Waals surface area contributed by atoms with E-state index in [1.807, 2.05) is 20.8 Å². The van der Waals surface area contributed by atoms with Crippen molar-refractivity contribution in [2.24, 2.45) is 0 Å². The standard InChI is InChI=1S/C17H23N3O4/c1-5-11-20-15(22)10-9-13(19-20)16(23)24-12-14(21)18-17(6-2,7-3)8-4/h2,9-10H,5,7-8,11-12H2,1,3-4H3,(H,18,21). The number of aryl methyl sites for hydroxylation is 1. The van der Waals surface area contributed by atoms with Crippen molar-refractivity contribution in [3.05, 3.63) is 28.2 Å². The van der Waals surface area contributed by atoms with E-state index in [0.717, 1.165) is 0 Å². The van der Waals surface area contributed by atoms with Crippen LogP contribution in [0.2, 0.25) is 0 Å². The molecular weight excluding hydrogens is 310 g/mol. The van der Waals surface area contributed by atoms with Crippen LogP contribution in [0.4, 0.5) is 0 Å². The van der Waals surface area contributed by atoms with Crippen LogP contribution in [0.3, 0.4) is 0 Å². The third-order valence-electron chi connectivity index (χ3n) is 3.71. The molecule has 0 atom stereocenters. The third-order valence-corrected chi connectivity index (χ3v) is 3.71. The van der Waals surface area contributed by atoms with E-state index < -0.39 is 24.0 Å². The minimum atomic E-state index is -0.769. The van der Waals surface area contributed by atoms with E-state index in [-0.39, 0.29) is 11.3 Å². The first-order valence-electron chi connectivity index (χ1n) is 7.95. The van der Waals surface area contributed by atoms with Gasteiger partial charge in [0.2, 0.25) is 0 Å². The van der Waals surface area contributed by atoms with Crippen LogP contribution in [-0.4, -0.2) is 33.8 Å². The molecule has 1 aromatic rings. The first-order chi connectivity index (χ1) is 11.4. The van der Waals surface area contributed by atoms with E-state index in [2.05, 4.69) is 16.3 Å². The Balaban J connectivity index is 2.69. The molecule has 7 nitrogen and oxygen atoms in total. The molecule has 1 heterocycles. The molecule has 0 radical (unpaired) electrons. The number of hydrogen-bond donors (Lipinski definition) is 1. The average molecular weight is 333 g/mol. The molecule has 1 amide bonds. The molecule has 0 bridgehead atoms. The van der Waals surface area contributed by atoms with Crippen LogP contribution in [0.25, 0.3) is 0 Å². The molecule has 0 unspecified atom stereocenters. The van der Waals surface area contributed by atoms with Crippen LogP contribution < -0.4 is 10.9 Å². The monoisotopic (exact) mass is 333 g/mol. The van der Waals surface area contributed by atoms with Crippen molar-refractivity contribution in [1.29, 1.82) is 0 Å². The van der Waals surface area contributed by atoms with Crippen molar-refractivity contribution in [2.75, 3.05) is 6.61 Å². The summed E-state index contributed by atoms with van der Waals surface area (Å²) in [4.78, 5) is 35.5. The Bertz CT molecular complexity index is 684. The quantitative estimate of drug-likeness (QED) is 0.569. The molecule has 0 aliphatic carbocycles. The van der Waals surface area contributed by atoms with Crippen LogP contribution in [0.15, 0.2) is 16.9 Å². The number of carbonyl (C=O) groups excluding carboxylic acids is 2. The highest BCUT2D eigenvalue weighted by Gasteiger charge is 2.25. The highest BCUT2D eigenvalue weighted by molar-refractivity contribution is 5.89. The Hall–Kier alpha value is -2.62. The average Bonchev–Trinajstić information content (AvgIpc) is 2.59. The van der Waals surface area contributed by atoms with Crippen molar-refractivity contribution in [1.82, 2.24) is 15.1 Å². The van der Waals surface area contributed by atoms with Gasteiger partial charge in [0.05, 0.1) is 0 Å². The number of terminal acetylenes is 1. The zero-order valence-electron chi connectivity index (χ0n) is 14.3. The second kappa shape index (κ2) is 8.87. The van der Waals surface area contributed by atoms with E-state index in [9.17, 15) is 14.4 Å². The summed E-state index contributed by atoms with van der Waals surface area (Å²) in [6.45, 7) is 5.57. The lowest BCUT2D eigenvalue weighted by Crippen LogP contribution is -2.48. The maximum Gasteiger partial charge on any atom is 0.359 e. The van der Waals surface area contributed by atoms with Crippen LogP contribution >= 0.6 is 0 Å². The number of amides is 1. The molecule has 130 valence electrons. The maximum atomic E-state index is 12.0. The summed E-state index contributed by atoms with van der Waals surface area (Å²) in [5, 5.41) is 6.63. The lowest BCUT2D eigenvalue weighted by atomic mass is 9.94. The molecule has 24 heavy (non-hydrogen) atoms. The summed E-state index contributed by atoms with van der Waals surface area (Å²) >= 11 is 0. The molecule has 7 heteroatoms. The van der Waals surface area contributed by atoms with Gasteiger partial charge in [0.1, 0.15) is 5.54 Å². The van der Waals surface area contributed by atoms with E-state index in [1.54, 1.807) is 0 Å². The molecule has 0 aliphatic rings. The van der Waals surface area contributed by atoms with Gasteiger partial charge in [-0.3, -0.25) is 9.59 Å². The second-order valence-electron chi connectivity index (χ2n) is 5.34. The van der Waals surface area contributed by atoms with E-state index in [1.165, 1.54) is 16.8 Å². The zero-order chi connectivity index (χ0) is 18.2. The van der Waals surface area contributed by atoms with Gasteiger partial charge in [-0.05, 0) is 25.3 Å². The van der Waals surface area contributed by atoms with Crippen LogP contribution in [0.5, 0.6) is 0 Å². The third kappa shape index (κ3) is 4.95. The van der Waals surface area contributed by atoms with E-state index in [0.29, 0.717) is 25.8 Å². The number of ether oxygens (including phenoxy) is 1. The summed E-state index contributed by atoms with van der Waals surface area (Å²) in [6.07, 6.45) is 7.32. The fraction of sp³-hybridized carbons (Fsp3) is 0.529. The van der Waals surface area contributed by atoms with Gasteiger partial charge in [-0.2, -0.15) is 5.10 Å². The normalized spacial score (nSPS) is 10.8. The van der Waals surface area contributed by atoms with Crippen molar-refractivity contribution in [3.8, 4) is 12.3 Å². The van der Waals surface area contributed by atoms with E-state index >= 15 is 0 Å². The van der Waals surface area contributed by atoms with Gasteiger partial charge in [-0.1, -0.05) is 26.7 Å². The molecule has 1 N–H and O–H groups in total. The summed E-state index contributed by atoms with van der Waals surface area (Å²) < 4.78 is 6.13. The summed E-state index contributed by atoms with van der Waals surface area (Å²) in [6, 6.07) is 2.52. The predicted octanol–water partition coefficient (Wildman–Crippen LogP) is 1.12. The number of esters is 1. The Labute approximate surface area is 141 Å². The van der Waals surface area contributed by atoms with Gasteiger partial charge in [-0.15, -0.1) is 6.42 Å². The van der Waals surface area contributed by atoms with Crippen molar-refractivity contribution in [3.63, 3.8) is 0 Å². The largest absolute Gasteiger partial charge is 0.451 e. The lowest BCUT2D eigenvalue weighted by molar-refractivity contribution is -0.125. The van der Waals surface area contributed by atoms with Crippen LogP contribution in [0.1, 0.15) is 50.5 Å². The highest BCUT2D eigenvalue weighted by Crippen LogP contribution is 2.13. The Morgan fingerprint density at radius 2 is 2.00 bits per heavy atom. The number of nitrogens with one attached hydrogen (secondary N) is 1. The van der Waals surface area contributed by atoms with Crippen molar-refractivity contribution in [2.45, 2.75) is 52.1 Å². The lowest BCUT2D eigenvalue weighted by Gasteiger charge is -2.26. The number of carbonyl (C=O) groups is 2. The zero-order valence-corrected chi connectivity index (χ0v) is 14.3. The van der Waals surface area contributed by atoms with E-state index in [4.69, 9.17) is 11.2 Å². The van der Waals surface area contributed by atoms with Gasteiger partial charge in [0, 0.05) is 12.6 Å². The molecule has 0 aromatic carbocycles. The maximum absolute atomic E-state index is 12.0. The van der Waals surface area contributed by atoms with Crippen molar-refractivity contribution < 1.29 is 14.3 Å². The summed E-state index contributed by atoms with van der Waals surface area (Å²) in [5.74, 6) is 1.32. The minimum Gasteiger partial charge on any atom is -0.451 e. The van der Waals surface area contributed by atoms with Gasteiger partial charge >= 0.3 is 5.97 Å². The summed E-state index contributed by atoms with van der Waals surface area (Å²) in [5.41, 5.74) is -1.06. The number of rotatable bonds is 8. The number of nitrogens with zero attached hydrogens (tertiary/aromatic N) is 2. The molecule has 1 rings (SSSR count). The van der Waals surface area contributed by atoms with Gasteiger partial charge in [0.25, 0.3) is 11.5 Å².